The smallest absolute Gasteiger partial charge is 0.167 e. The van der Waals surface area contributed by atoms with Crippen molar-refractivity contribution in [2.24, 2.45) is 0 Å². The molecule has 0 atom stereocenters. The van der Waals surface area contributed by atoms with Gasteiger partial charge in [-0.2, -0.15) is 0 Å². The maximum atomic E-state index is 6.25. The van der Waals surface area contributed by atoms with Crippen LogP contribution < -0.4 is 20.1 Å². The Bertz CT molecular complexity index is 729. The maximum Gasteiger partial charge on any atom is 0.167 e. The fourth-order valence-electron chi connectivity index (χ4n) is 2.46. The molecule has 7 heteroatoms. The van der Waals surface area contributed by atoms with Gasteiger partial charge in [-0.25, -0.2) is 0 Å². The molecule has 2 aromatic rings. The van der Waals surface area contributed by atoms with Crippen molar-refractivity contribution >= 4 is 39.1 Å². The average molecular weight is 462 g/mol. The molecule has 0 spiro atoms. The number of ether oxygens (including phenoxy) is 2. The highest BCUT2D eigenvalue weighted by molar-refractivity contribution is 9.10. The van der Waals surface area contributed by atoms with Crippen molar-refractivity contribution in [3.05, 3.63) is 56.0 Å². The number of halogens is 3. The molecule has 26 heavy (non-hydrogen) atoms. The first-order chi connectivity index (χ1) is 12.6. The van der Waals surface area contributed by atoms with Gasteiger partial charge in [0.2, 0.25) is 0 Å². The van der Waals surface area contributed by atoms with Gasteiger partial charge < -0.3 is 20.1 Å². The molecule has 142 valence electrons. The lowest BCUT2D eigenvalue weighted by atomic mass is 10.1. The standard InChI is InChI=1S/C19H23BrCl2N2O2/c1-23-8-3-9-24-11-15-16(20)6-7-18(25-2)19(15)26-12-13-4-5-14(21)10-17(13)22/h4-7,10,23-24H,3,8-9,11-12H2,1-2H3. The second-order valence-electron chi connectivity index (χ2n) is 5.72. The van der Waals surface area contributed by atoms with E-state index in [1.54, 1.807) is 19.2 Å². The fraction of sp³-hybridized carbons (Fsp3) is 0.368. The summed E-state index contributed by atoms with van der Waals surface area (Å²) < 4.78 is 12.5. The zero-order valence-electron chi connectivity index (χ0n) is 14.9. The number of hydrogen-bond donors (Lipinski definition) is 2. The summed E-state index contributed by atoms with van der Waals surface area (Å²) in [5.74, 6) is 1.39. The summed E-state index contributed by atoms with van der Waals surface area (Å²) in [6.07, 6.45) is 1.05. The van der Waals surface area contributed by atoms with Crippen molar-refractivity contribution < 1.29 is 9.47 Å². The van der Waals surface area contributed by atoms with E-state index in [2.05, 4.69) is 26.6 Å². The van der Waals surface area contributed by atoms with Crippen LogP contribution >= 0.6 is 39.1 Å². The van der Waals surface area contributed by atoms with Gasteiger partial charge in [0, 0.05) is 32.2 Å². The lowest BCUT2D eigenvalue weighted by molar-refractivity contribution is 0.280. The number of methoxy groups -OCH3 is 1. The van der Waals surface area contributed by atoms with Gasteiger partial charge in [0.15, 0.2) is 11.5 Å². The molecule has 0 heterocycles. The minimum Gasteiger partial charge on any atom is -0.493 e. The predicted octanol–water partition coefficient (Wildman–Crippen LogP) is 5.04. The van der Waals surface area contributed by atoms with Crippen LogP contribution in [0, 0.1) is 0 Å². The summed E-state index contributed by atoms with van der Waals surface area (Å²) in [5.41, 5.74) is 1.88. The predicted molar refractivity (Wildman–Crippen MR) is 112 cm³/mol. The van der Waals surface area contributed by atoms with Crippen LogP contribution in [-0.2, 0) is 13.2 Å². The molecule has 2 rings (SSSR count). The lowest BCUT2D eigenvalue weighted by Crippen LogP contribution is -2.20. The van der Waals surface area contributed by atoms with Crippen molar-refractivity contribution in [3.63, 3.8) is 0 Å². The Morgan fingerprint density at radius 3 is 2.62 bits per heavy atom. The highest BCUT2D eigenvalue weighted by Crippen LogP contribution is 2.37. The van der Waals surface area contributed by atoms with Crippen molar-refractivity contribution in [1.29, 1.82) is 0 Å². The van der Waals surface area contributed by atoms with Gasteiger partial charge in [0.05, 0.1) is 7.11 Å². The van der Waals surface area contributed by atoms with Gasteiger partial charge in [0.25, 0.3) is 0 Å². The number of hydrogen-bond acceptors (Lipinski definition) is 4. The molecule has 4 nitrogen and oxygen atoms in total. The Labute approximate surface area is 173 Å². The quantitative estimate of drug-likeness (QED) is 0.486. The Morgan fingerprint density at radius 2 is 1.92 bits per heavy atom. The monoisotopic (exact) mass is 460 g/mol. The fourth-order valence-corrected chi connectivity index (χ4v) is 3.37. The third-order valence-corrected chi connectivity index (χ3v) is 5.19. The first kappa shape index (κ1) is 21.3. The van der Waals surface area contributed by atoms with Crippen LogP contribution in [0.1, 0.15) is 17.5 Å². The van der Waals surface area contributed by atoms with Crippen molar-refractivity contribution in [2.45, 2.75) is 19.6 Å². The van der Waals surface area contributed by atoms with E-state index in [9.17, 15) is 0 Å². The molecule has 0 radical (unpaired) electrons. The summed E-state index contributed by atoms with van der Waals surface area (Å²) in [5, 5.41) is 7.76. The molecule has 2 N–H and O–H groups in total. The molecule has 0 aromatic heterocycles. The average Bonchev–Trinajstić information content (AvgIpc) is 2.62. The molecule has 0 saturated carbocycles. The van der Waals surface area contributed by atoms with Gasteiger partial charge in [-0.3, -0.25) is 0 Å². The van der Waals surface area contributed by atoms with Crippen molar-refractivity contribution in [2.75, 3.05) is 27.2 Å². The molecule has 0 aliphatic rings. The van der Waals surface area contributed by atoms with E-state index in [0.29, 0.717) is 34.7 Å². The second-order valence-corrected chi connectivity index (χ2v) is 7.41. The number of rotatable bonds is 10. The minimum absolute atomic E-state index is 0.329. The van der Waals surface area contributed by atoms with E-state index < -0.39 is 0 Å². The summed E-state index contributed by atoms with van der Waals surface area (Å²) >= 11 is 15.8. The molecule has 0 aliphatic carbocycles. The summed E-state index contributed by atoms with van der Waals surface area (Å²) in [4.78, 5) is 0. The van der Waals surface area contributed by atoms with Crippen LogP contribution in [0.5, 0.6) is 11.5 Å². The van der Waals surface area contributed by atoms with E-state index in [1.165, 1.54) is 0 Å². The van der Waals surface area contributed by atoms with E-state index in [0.717, 1.165) is 35.1 Å². The largest absolute Gasteiger partial charge is 0.493 e. The second kappa shape index (κ2) is 11.0. The number of benzene rings is 2. The molecular formula is C19H23BrCl2N2O2. The Morgan fingerprint density at radius 1 is 1.12 bits per heavy atom. The van der Waals surface area contributed by atoms with Gasteiger partial charge in [-0.15, -0.1) is 0 Å². The highest BCUT2D eigenvalue weighted by atomic mass is 79.9. The van der Waals surface area contributed by atoms with Crippen LogP contribution in [0.15, 0.2) is 34.8 Å². The lowest BCUT2D eigenvalue weighted by Gasteiger charge is -2.17. The first-order valence-corrected chi connectivity index (χ1v) is 9.89. The van der Waals surface area contributed by atoms with Crippen LogP contribution in [0.4, 0.5) is 0 Å². The molecule has 0 bridgehead atoms. The Kier molecular flexibility index (Phi) is 9.02. The zero-order valence-corrected chi connectivity index (χ0v) is 18.0. The minimum atomic E-state index is 0.329. The molecule has 0 saturated heterocycles. The van der Waals surface area contributed by atoms with Crippen molar-refractivity contribution in [1.82, 2.24) is 10.6 Å². The van der Waals surface area contributed by atoms with Gasteiger partial charge >= 0.3 is 0 Å². The molecule has 0 unspecified atom stereocenters. The molecule has 0 aliphatic heterocycles. The topological polar surface area (TPSA) is 42.5 Å². The normalized spacial score (nSPS) is 10.8. The van der Waals surface area contributed by atoms with E-state index >= 15 is 0 Å². The number of nitrogens with one attached hydrogen (secondary N) is 2. The van der Waals surface area contributed by atoms with Crippen LogP contribution in [-0.4, -0.2) is 27.2 Å². The van der Waals surface area contributed by atoms with Gasteiger partial charge in [-0.1, -0.05) is 45.2 Å². The summed E-state index contributed by atoms with van der Waals surface area (Å²) in [6.45, 7) is 2.89. The SMILES string of the molecule is CNCCCNCc1c(Br)ccc(OC)c1OCc1ccc(Cl)cc1Cl. The maximum absolute atomic E-state index is 6.25. The summed E-state index contributed by atoms with van der Waals surface area (Å²) in [7, 11) is 3.59. The third kappa shape index (κ3) is 6.03. The van der Waals surface area contributed by atoms with E-state index in [4.69, 9.17) is 32.7 Å². The van der Waals surface area contributed by atoms with E-state index in [1.807, 2.05) is 25.2 Å². The molecular weight excluding hydrogens is 439 g/mol. The Hall–Kier alpha value is -0.980. The van der Waals surface area contributed by atoms with E-state index in [-0.39, 0.29) is 0 Å². The van der Waals surface area contributed by atoms with Crippen LogP contribution in [0.3, 0.4) is 0 Å². The highest BCUT2D eigenvalue weighted by Gasteiger charge is 2.15. The summed E-state index contributed by atoms with van der Waals surface area (Å²) in [6, 6.07) is 9.22. The Balaban J connectivity index is 2.14. The van der Waals surface area contributed by atoms with Crippen LogP contribution in [0.25, 0.3) is 0 Å². The molecule has 0 fully saturated rings. The third-order valence-electron chi connectivity index (χ3n) is 3.86. The van der Waals surface area contributed by atoms with Gasteiger partial charge in [0.1, 0.15) is 6.61 Å². The zero-order chi connectivity index (χ0) is 18.9. The van der Waals surface area contributed by atoms with Gasteiger partial charge in [-0.05, 0) is 50.8 Å². The molecule has 2 aromatic carbocycles. The van der Waals surface area contributed by atoms with Crippen LogP contribution in [0.2, 0.25) is 10.0 Å². The van der Waals surface area contributed by atoms with Crippen molar-refractivity contribution in [3.8, 4) is 11.5 Å². The molecule has 0 amide bonds. The first-order valence-electron chi connectivity index (χ1n) is 8.34.